The van der Waals surface area contributed by atoms with Crippen molar-refractivity contribution in [3.05, 3.63) is 94.8 Å². The number of rotatable bonds is 5. The lowest BCUT2D eigenvalue weighted by molar-refractivity contribution is -0.143. The molecule has 4 rings (SSSR count). The van der Waals surface area contributed by atoms with Gasteiger partial charge in [-0.1, -0.05) is 12.1 Å². The zero-order valence-electron chi connectivity index (χ0n) is 23.6. The first-order chi connectivity index (χ1) is 20.5. The highest BCUT2D eigenvalue weighted by atomic mass is 19.4. The summed E-state index contributed by atoms with van der Waals surface area (Å²) in [5.41, 5.74) is -2.48. The highest BCUT2D eigenvalue weighted by Crippen LogP contribution is 2.39. The maximum Gasteiger partial charge on any atom is 0.416 e. The van der Waals surface area contributed by atoms with E-state index in [1.54, 1.807) is 0 Å². The van der Waals surface area contributed by atoms with E-state index in [1.165, 1.54) is 67.4 Å². The second-order valence-electron chi connectivity index (χ2n) is 10.4. The molecule has 1 aliphatic rings. The summed E-state index contributed by atoms with van der Waals surface area (Å²) in [4.78, 5) is 41.5. The maximum absolute atomic E-state index is 13.7. The Kier molecular flexibility index (Phi) is 8.93. The lowest BCUT2D eigenvalue weighted by atomic mass is 9.93. The molecule has 1 fully saturated rings. The average Bonchev–Trinajstić information content (AvgIpc) is 3.40. The van der Waals surface area contributed by atoms with Crippen LogP contribution in [-0.2, 0) is 17.1 Å². The molecule has 1 N–H and O–H groups in total. The van der Waals surface area contributed by atoms with E-state index in [-0.39, 0.29) is 30.6 Å². The number of alkyl halides is 6. The van der Waals surface area contributed by atoms with Crippen molar-refractivity contribution < 1.29 is 45.1 Å². The minimum absolute atomic E-state index is 0.0285. The van der Waals surface area contributed by atoms with E-state index in [0.29, 0.717) is 28.3 Å². The first-order valence-electron chi connectivity index (χ1n) is 13.2. The van der Waals surface area contributed by atoms with Gasteiger partial charge in [-0.25, -0.2) is 9.18 Å². The van der Waals surface area contributed by atoms with Crippen LogP contribution >= 0.6 is 0 Å². The zero-order valence-corrected chi connectivity index (χ0v) is 23.6. The summed E-state index contributed by atoms with van der Waals surface area (Å²) in [5.74, 6) is -1.82. The summed E-state index contributed by atoms with van der Waals surface area (Å²) in [6, 6.07) is 10.6. The second kappa shape index (κ2) is 12.2. The molecule has 4 amide bonds. The number of hydrogen-bond donors (Lipinski definition) is 1. The van der Waals surface area contributed by atoms with Crippen LogP contribution in [0.4, 0.5) is 46.9 Å². The molecular weight excluding hydrogens is 597 g/mol. The van der Waals surface area contributed by atoms with Crippen molar-refractivity contribution in [3.8, 4) is 0 Å². The number of halogens is 7. The molecule has 0 bridgehead atoms. The fourth-order valence-electron chi connectivity index (χ4n) is 5.09. The predicted molar refractivity (Wildman–Crippen MR) is 148 cm³/mol. The third-order valence-corrected chi connectivity index (χ3v) is 7.37. The third-order valence-electron chi connectivity index (χ3n) is 7.37. The van der Waals surface area contributed by atoms with Crippen molar-refractivity contribution in [3.63, 3.8) is 0 Å². The number of amides is 4. The van der Waals surface area contributed by atoms with Gasteiger partial charge >= 0.3 is 18.4 Å². The number of benzene rings is 3. The van der Waals surface area contributed by atoms with E-state index in [1.807, 2.05) is 0 Å². The molecule has 3 aromatic carbocycles. The number of nitrogens with zero attached hydrogens (tertiary/aromatic N) is 3. The van der Waals surface area contributed by atoms with Crippen molar-refractivity contribution in [1.29, 1.82) is 0 Å². The first-order valence-corrected chi connectivity index (χ1v) is 13.2. The van der Waals surface area contributed by atoms with E-state index in [2.05, 4.69) is 5.32 Å². The molecule has 3 aromatic rings. The number of anilines is 2. The van der Waals surface area contributed by atoms with Crippen LogP contribution in [0, 0.1) is 5.82 Å². The van der Waals surface area contributed by atoms with Crippen molar-refractivity contribution in [1.82, 2.24) is 9.80 Å². The molecule has 0 radical (unpaired) electrons. The van der Waals surface area contributed by atoms with Crippen LogP contribution in [0.1, 0.15) is 39.9 Å². The molecule has 14 heteroatoms. The molecule has 0 aliphatic carbocycles. The summed E-state index contributed by atoms with van der Waals surface area (Å²) in [6.45, 7) is 1.36. The Hall–Kier alpha value is -4.62. The van der Waals surface area contributed by atoms with Gasteiger partial charge in [-0.2, -0.15) is 26.3 Å². The van der Waals surface area contributed by atoms with E-state index in [9.17, 15) is 45.1 Å². The summed E-state index contributed by atoms with van der Waals surface area (Å²) in [5, 5.41) is 2.59. The van der Waals surface area contributed by atoms with Crippen molar-refractivity contribution >= 4 is 29.2 Å². The minimum Gasteiger partial charge on any atom is -0.336 e. The van der Waals surface area contributed by atoms with Gasteiger partial charge in [0.15, 0.2) is 0 Å². The number of carbonyl (C=O) groups excluding carboxylic acids is 3. The standard InChI is InChI=1S/C30H27F7N4O3/c1-17(42)38-23-10-6-19(7-11-23)27(43)41-15-25(18-4-8-22(31)9-5-18)26(16-41)40(3)28(44)39(2)24-13-20(29(32,33)34)12-21(14-24)30(35,36)37/h4-14,25-26H,15-16H2,1-3H3,(H,38,42)/t25-,26+/m0/s1. The van der Waals surface area contributed by atoms with Gasteiger partial charge in [-0.3, -0.25) is 14.5 Å². The van der Waals surface area contributed by atoms with E-state index in [4.69, 9.17) is 0 Å². The molecule has 0 saturated carbocycles. The Morgan fingerprint density at radius 3 is 1.86 bits per heavy atom. The number of hydrogen-bond acceptors (Lipinski definition) is 3. The molecule has 44 heavy (non-hydrogen) atoms. The zero-order chi connectivity index (χ0) is 32.6. The number of nitrogens with one attached hydrogen (secondary N) is 1. The summed E-state index contributed by atoms with van der Waals surface area (Å²) in [6.07, 6.45) is -10.2. The molecule has 1 aliphatic heterocycles. The summed E-state index contributed by atoms with van der Waals surface area (Å²) < 4.78 is 94.4. The fraction of sp³-hybridized carbons (Fsp3) is 0.300. The largest absolute Gasteiger partial charge is 0.416 e. The van der Waals surface area contributed by atoms with Gasteiger partial charge in [0, 0.05) is 57.0 Å². The monoisotopic (exact) mass is 624 g/mol. The van der Waals surface area contributed by atoms with Gasteiger partial charge in [0.1, 0.15) is 5.82 Å². The third kappa shape index (κ3) is 7.12. The van der Waals surface area contributed by atoms with Crippen molar-refractivity contribution in [2.75, 3.05) is 37.4 Å². The van der Waals surface area contributed by atoms with Gasteiger partial charge in [0.05, 0.1) is 17.2 Å². The molecular formula is C30H27F7N4O3. The summed E-state index contributed by atoms with van der Waals surface area (Å²) in [7, 11) is 2.38. The maximum atomic E-state index is 13.7. The highest BCUT2D eigenvalue weighted by Gasteiger charge is 2.42. The normalized spacial score (nSPS) is 16.9. The Bertz CT molecular complexity index is 1510. The number of carbonyl (C=O) groups is 3. The molecule has 1 saturated heterocycles. The van der Waals surface area contributed by atoms with Crippen LogP contribution in [0.15, 0.2) is 66.7 Å². The average molecular weight is 625 g/mol. The second-order valence-corrected chi connectivity index (χ2v) is 10.4. The smallest absolute Gasteiger partial charge is 0.336 e. The molecule has 1 heterocycles. The quantitative estimate of drug-likeness (QED) is 0.325. The molecule has 0 aromatic heterocycles. The van der Waals surface area contributed by atoms with Crippen LogP contribution in [0.25, 0.3) is 0 Å². The number of likely N-dealkylation sites (tertiary alicyclic amines) is 1. The van der Waals surface area contributed by atoms with Gasteiger partial charge in [0.2, 0.25) is 5.91 Å². The molecule has 2 atom stereocenters. The molecule has 0 spiro atoms. The fourth-order valence-corrected chi connectivity index (χ4v) is 5.09. The van der Waals surface area contributed by atoms with Crippen molar-refractivity contribution in [2.45, 2.75) is 31.2 Å². The number of likely N-dealkylation sites (N-methyl/N-ethyl adjacent to an activating group) is 1. The molecule has 234 valence electrons. The molecule has 7 nitrogen and oxygen atoms in total. The van der Waals surface area contributed by atoms with Crippen LogP contribution in [-0.4, -0.2) is 60.9 Å². The van der Waals surface area contributed by atoms with Gasteiger partial charge in [-0.05, 0) is 60.2 Å². The van der Waals surface area contributed by atoms with Crippen LogP contribution in [0.2, 0.25) is 0 Å². The van der Waals surface area contributed by atoms with Gasteiger partial charge in [-0.15, -0.1) is 0 Å². The predicted octanol–water partition coefficient (Wildman–Crippen LogP) is 6.62. The topological polar surface area (TPSA) is 73.0 Å². The lowest BCUT2D eigenvalue weighted by Crippen LogP contribution is -2.47. The highest BCUT2D eigenvalue weighted by molar-refractivity contribution is 5.96. The Morgan fingerprint density at radius 1 is 0.818 bits per heavy atom. The van der Waals surface area contributed by atoms with Crippen molar-refractivity contribution in [2.24, 2.45) is 0 Å². The Labute approximate surface area is 247 Å². The number of urea groups is 1. The Balaban J connectivity index is 1.64. The Morgan fingerprint density at radius 2 is 1.36 bits per heavy atom. The summed E-state index contributed by atoms with van der Waals surface area (Å²) >= 11 is 0. The SMILES string of the molecule is CC(=O)Nc1ccc(C(=O)N2C[C@@H](N(C)C(=O)N(C)c3cc(C(F)(F)F)cc(C(F)(F)F)c3)[C@H](c3ccc(F)cc3)C2)cc1. The van der Waals surface area contributed by atoms with E-state index >= 15 is 0 Å². The van der Waals surface area contributed by atoms with E-state index in [0.717, 1.165) is 11.9 Å². The lowest BCUT2D eigenvalue weighted by Gasteiger charge is -2.33. The van der Waals surface area contributed by atoms with Crippen LogP contribution in [0.3, 0.4) is 0 Å². The minimum atomic E-state index is -5.11. The van der Waals surface area contributed by atoms with E-state index < -0.39 is 58.9 Å². The molecule has 0 unspecified atom stereocenters. The van der Waals surface area contributed by atoms with Crippen LogP contribution < -0.4 is 10.2 Å². The van der Waals surface area contributed by atoms with Gasteiger partial charge in [0.25, 0.3) is 5.91 Å². The van der Waals surface area contributed by atoms with Crippen LogP contribution in [0.5, 0.6) is 0 Å². The van der Waals surface area contributed by atoms with Gasteiger partial charge < -0.3 is 15.1 Å². The first kappa shape index (κ1) is 32.3.